The summed E-state index contributed by atoms with van der Waals surface area (Å²) in [4.78, 5) is 29.7. The molecule has 2 N–H and O–H groups in total. The van der Waals surface area contributed by atoms with Crippen LogP contribution in [0.15, 0.2) is 85.2 Å². The van der Waals surface area contributed by atoms with E-state index in [1.807, 2.05) is 60.7 Å². The van der Waals surface area contributed by atoms with Crippen LogP contribution in [0.1, 0.15) is 55.1 Å². The number of rotatable bonds is 10. The van der Waals surface area contributed by atoms with Crippen molar-refractivity contribution in [1.29, 1.82) is 0 Å². The zero-order chi connectivity index (χ0) is 32.5. The minimum atomic E-state index is -1.43. The van der Waals surface area contributed by atoms with E-state index in [1.54, 1.807) is 12.1 Å². The maximum Gasteiger partial charge on any atom is 1.00 e. The maximum absolute atomic E-state index is 11.1. The van der Waals surface area contributed by atoms with E-state index in [0.29, 0.717) is 50.2 Å². The van der Waals surface area contributed by atoms with Crippen LogP contribution in [-0.4, -0.2) is 59.4 Å². The average Bonchev–Trinajstić information content (AvgIpc) is 3.05. The Morgan fingerprint density at radius 2 is 1.06 bits per heavy atom. The van der Waals surface area contributed by atoms with Gasteiger partial charge in [0.15, 0.2) is 0 Å². The number of carbonyl (C=O) groups excluding carboxylic acids is 2. The predicted molar refractivity (Wildman–Crippen MR) is 162 cm³/mol. The van der Waals surface area contributed by atoms with Gasteiger partial charge in [0, 0.05) is 48.0 Å². The molecule has 16 heteroatoms. The van der Waals surface area contributed by atoms with E-state index in [-0.39, 0.29) is 93.8 Å². The summed E-state index contributed by atoms with van der Waals surface area (Å²) in [5.41, 5.74) is 2.83. The fraction of sp³-hybridized carbons (Fsp3) is 0.250. The van der Waals surface area contributed by atoms with Crippen molar-refractivity contribution < 1.29 is 108 Å². The summed E-state index contributed by atoms with van der Waals surface area (Å²) in [5.74, 6) is -3.06. The van der Waals surface area contributed by atoms with Crippen LogP contribution in [0.2, 0.25) is 12.6 Å². The van der Waals surface area contributed by atoms with Crippen molar-refractivity contribution >= 4 is 26.2 Å². The molecule has 0 amide bonds. The molecule has 6 rings (SSSR count). The molecule has 2 aliphatic heterocycles. The maximum atomic E-state index is 11.1. The first-order chi connectivity index (χ1) is 22.3. The minimum absolute atomic E-state index is 0. The zero-order valence-electron chi connectivity index (χ0n) is 26.7. The largest absolute Gasteiger partial charge is 1.00 e. The molecule has 0 fully saturated rings. The predicted octanol–water partition coefficient (Wildman–Crippen LogP) is -4.76. The molecule has 2 aromatic heterocycles. The van der Waals surface area contributed by atoms with Gasteiger partial charge >= 0.3 is 73.4 Å². The second-order valence-corrected chi connectivity index (χ2v) is 10.7. The number of aromatic nitrogens is 2. The molecule has 2 aromatic carbocycles. The summed E-state index contributed by atoms with van der Waals surface area (Å²) >= 11 is 0. The smallest absolute Gasteiger partial charge is 0.543 e. The number of hydrogen-bond acceptors (Lipinski definition) is 12. The Hall–Kier alpha value is -2.75. The molecular weight excluding hydrogens is 640 g/mol. The van der Waals surface area contributed by atoms with Crippen LogP contribution in [0.3, 0.4) is 0 Å². The van der Waals surface area contributed by atoms with E-state index < -0.39 is 26.2 Å². The molecule has 48 heavy (non-hydrogen) atoms. The summed E-state index contributed by atoms with van der Waals surface area (Å²) in [5, 5.41) is 41.9. The third kappa shape index (κ3) is 10.6. The fourth-order valence-corrected chi connectivity index (χ4v) is 5.32. The van der Waals surface area contributed by atoms with Crippen LogP contribution >= 0.6 is 0 Å². The number of aromatic carboxylic acids is 2. The van der Waals surface area contributed by atoms with Gasteiger partial charge in [-0.3, -0.25) is 9.97 Å². The van der Waals surface area contributed by atoms with E-state index in [2.05, 4.69) is 9.97 Å². The van der Waals surface area contributed by atoms with Gasteiger partial charge < -0.3 is 48.6 Å². The van der Waals surface area contributed by atoms with Gasteiger partial charge in [-0.15, -0.1) is 0 Å². The molecule has 236 valence electrons. The molecular formula is C32H30B2N2Na2O10. The van der Waals surface area contributed by atoms with Crippen molar-refractivity contribution in [3.05, 3.63) is 119 Å². The SMILES string of the molecule is O=C([O-])c1nccc2c1OB(O)CC2COCc1ccccc1.O=C([O-])c1nccc2c1OB(O)CC2COCc1ccccc1.[Na+].[Na+]. The average molecular weight is 670 g/mol. The molecule has 4 aromatic rings. The van der Waals surface area contributed by atoms with Crippen LogP contribution in [0, 0.1) is 0 Å². The van der Waals surface area contributed by atoms with Gasteiger partial charge in [-0.05, 0) is 23.3 Å². The summed E-state index contributed by atoms with van der Waals surface area (Å²) < 4.78 is 21.9. The number of fused-ring (bicyclic) bond motifs is 2. The standard InChI is InChI=1S/2C16H16BNO5.2Na/c2*19-16(20)14-15-13(6-7-18-14)12(8-17(21)23-15)10-22-9-11-4-2-1-3-5-11;;/h2*1-7,12,21H,8-10H2,(H,19,20);;/q;;2*+1/p-2. The Morgan fingerprint density at radius 1 is 0.688 bits per heavy atom. The monoisotopic (exact) mass is 670 g/mol. The first kappa shape index (κ1) is 39.7. The Bertz CT molecular complexity index is 1520. The van der Waals surface area contributed by atoms with Gasteiger partial charge in [0.05, 0.1) is 38.4 Å². The number of carboxylic acid groups (broad SMARTS) is 2. The number of benzene rings is 2. The first-order valence-corrected chi connectivity index (χ1v) is 14.6. The van der Waals surface area contributed by atoms with Crippen molar-refractivity contribution in [3.63, 3.8) is 0 Å². The molecule has 4 heterocycles. The van der Waals surface area contributed by atoms with Crippen molar-refractivity contribution in [2.75, 3.05) is 13.2 Å². The topological polar surface area (TPSA) is 183 Å². The van der Waals surface area contributed by atoms with Crippen LogP contribution in [0.5, 0.6) is 11.5 Å². The molecule has 2 atom stereocenters. The van der Waals surface area contributed by atoms with Crippen LogP contribution < -0.4 is 78.6 Å². The van der Waals surface area contributed by atoms with Gasteiger partial charge in [0.1, 0.15) is 22.9 Å². The number of hydrogen-bond donors (Lipinski definition) is 2. The first-order valence-electron chi connectivity index (χ1n) is 14.6. The molecule has 0 aliphatic carbocycles. The number of carbonyl (C=O) groups is 2. The molecule has 0 saturated carbocycles. The Labute approximate surface area is 322 Å². The minimum Gasteiger partial charge on any atom is -0.543 e. The van der Waals surface area contributed by atoms with Crippen LogP contribution in [0.4, 0.5) is 0 Å². The molecule has 2 unspecified atom stereocenters. The number of nitrogens with zero attached hydrogens (tertiary/aromatic N) is 2. The third-order valence-corrected chi connectivity index (χ3v) is 7.48. The number of carboxylic acids is 2. The van der Waals surface area contributed by atoms with E-state index in [4.69, 9.17) is 18.8 Å². The summed E-state index contributed by atoms with van der Waals surface area (Å²) in [7, 11) is -2.18. The van der Waals surface area contributed by atoms with E-state index in [9.17, 15) is 29.9 Å². The third-order valence-electron chi connectivity index (χ3n) is 7.48. The van der Waals surface area contributed by atoms with E-state index in [0.717, 1.165) is 11.1 Å². The van der Waals surface area contributed by atoms with E-state index in [1.165, 1.54) is 12.4 Å². The molecule has 0 radical (unpaired) electrons. The number of pyridine rings is 2. The van der Waals surface area contributed by atoms with Gasteiger partial charge in [-0.25, -0.2) is 0 Å². The zero-order valence-corrected chi connectivity index (χ0v) is 30.7. The van der Waals surface area contributed by atoms with E-state index >= 15 is 0 Å². The molecule has 2 aliphatic rings. The summed E-state index contributed by atoms with van der Waals surface area (Å²) in [6, 6.07) is 22.8. The molecule has 0 saturated heterocycles. The fourth-order valence-electron chi connectivity index (χ4n) is 5.32. The van der Waals surface area contributed by atoms with Gasteiger partial charge in [0.2, 0.25) is 0 Å². The van der Waals surface area contributed by atoms with Crippen molar-refractivity contribution in [3.8, 4) is 11.5 Å². The van der Waals surface area contributed by atoms with Gasteiger partial charge in [-0.2, -0.15) is 0 Å². The van der Waals surface area contributed by atoms with Gasteiger partial charge in [0.25, 0.3) is 0 Å². The normalized spacial score (nSPS) is 15.9. The van der Waals surface area contributed by atoms with Crippen molar-refractivity contribution in [1.82, 2.24) is 9.97 Å². The van der Waals surface area contributed by atoms with Crippen molar-refractivity contribution in [2.45, 2.75) is 37.7 Å². The Kier molecular flexibility index (Phi) is 16.1. The Morgan fingerprint density at radius 3 is 1.42 bits per heavy atom. The molecule has 12 nitrogen and oxygen atoms in total. The summed E-state index contributed by atoms with van der Waals surface area (Å²) in [6.45, 7) is 1.59. The van der Waals surface area contributed by atoms with Gasteiger partial charge in [-0.1, -0.05) is 60.7 Å². The molecule has 0 bridgehead atoms. The summed E-state index contributed by atoms with van der Waals surface area (Å²) in [6.07, 6.45) is 3.46. The second kappa shape index (κ2) is 19.4. The van der Waals surface area contributed by atoms with Crippen LogP contribution in [-0.2, 0) is 22.7 Å². The van der Waals surface area contributed by atoms with Crippen molar-refractivity contribution in [2.24, 2.45) is 0 Å². The number of ether oxygens (including phenoxy) is 2. The molecule has 0 spiro atoms. The Balaban J connectivity index is 0.000000250. The quantitative estimate of drug-likeness (QED) is 0.154. The van der Waals surface area contributed by atoms with Crippen LogP contribution in [0.25, 0.3) is 0 Å². The second-order valence-electron chi connectivity index (χ2n) is 10.7.